The van der Waals surface area contributed by atoms with Gasteiger partial charge >= 0.3 is 0 Å². The number of nitrogens with zero attached hydrogens (tertiary/aromatic N) is 5. The topological polar surface area (TPSA) is 44.7 Å². The number of anilines is 1. The Bertz CT molecular complexity index is 592. The number of hydrogen-bond acceptors (Lipinski definition) is 6. The highest BCUT2D eigenvalue weighted by molar-refractivity contribution is 5.42. The van der Waals surface area contributed by atoms with Crippen molar-refractivity contribution in [3.63, 3.8) is 0 Å². The number of piperazine rings is 1. The average molecular weight is 362 g/mol. The molecular formula is C20H35N5O. The lowest BCUT2D eigenvalue weighted by Crippen LogP contribution is -2.50. The summed E-state index contributed by atoms with van der Waals surface area (Å²) in [6, 6.07) is 2.75. The van der Waals surface area contributed by atoms with E-state index < -0.39 is 0 Å². The summed E-state index contributed by atoms with van der Waals surface area (Å²) in [4.78, 5) is 17.3. The van der Waals surface area contributed by atoms with Crippen LogP contribution in [0.15, 0.2) is 6.07 Å². The zero-order valence-corrected chi connectivity index (χ0v) is 17.2. The second-order valence-electron chi connectivity index (χ2n) is 8.58. The van der Waals surface area contributed by atoms with Gasteiger partial charge < -0.3 is 14.5 Å². The molecule has 1 aromatic rings. The van der Waals surface area contributed by atoms with Crippen molar-refractivity contribution in [1.29, 1.82) is 0 Å². The maximum Gasteiger partial charge on any atom is 0.136 e. The maximum absolute atomic E-state index is 5.33. The third-order valence-electron chi connectivity index (χ3n) is 5.59. The van der Waals surface area contributed by atoms with Crippen LogP contribution in [0.2, 0.25) is 0 Å². The van der Waals surface area contributed by atoms with Crippen molar-refractivity contribution >= 4 is 5.82 Å². The Balaban J connectivity index is 1.70. The van der Waals surface area contributed by atoms with Crippen LogP contribution in [-0.2, 0) is 16.8 Å². The van der Waals surface area contributed by atoms with E-state index in [1.807, 2.05) is 0 Å². The third kappa shape index (κ3) is 4.53. The van der Waals surface area contributed by atoms with Crippen molar-refractivity contribution in [3.05, 3.63) is 17.6 Å². The van der Waals surface area contributed by atoms with E-state index in [1.165, 1.54) is 39.1 Å². The Kier molecular flexibility index (Phi) is 6.15. The van der Waals surface area contributed by atoms with Crippen molar-refractivity contribution in [2.24, 2.45) is 0 Å². The predicted octanol–water partition coefficient (Wildman–Crippen LogP) is 2.14. The number of methoxy groups -OCH3 is 1. The molecule has 0 N–H and O–H groups in total. The minimum absolute atomic E-state index is 0.0614. The standard InChI is InChI=1S/C20H35N5O/c1-6-23-9-11-24(12-10-23)17-7-8-25(14-17)18-13-16(15-26-5)21-19(22-18)20(2,3)4/h13,17H,6-12,14-15H2,1-5H3. The zero-order chi connectivity index (χ0) is 18.7. The molecule has 146 valence electrons. The van der Waals surface area contributed by atoms with Gasteiger partial charge in [-0.15, -0.1) is 0 Å². The van der Waals surface area contributed by atoms with Crippen LogP contribution in [0.25, 0.3) is 0 Å². The van der Waals surface area contributed by atoms with Crippen molar-refractivity contribution in [2.45, 2.75) is 52.2 Å². The molecule has 2 aliphatic heterocycles. The zero-order valence-electron chi connectivity index (χ0n) is 17.2. The summed E-state index contributed by atoms with van der Waals surface area (Å²) < 4.78 is 5.33. The van der Waals surface area contributed by atoms with Gasteiger partial charge in [-0.2, -0.15) is 0 Å². The molecule has 0 saturated carbocycles. The highest BCUT2D eigenvalue weighted by atomic mass is 16.5. The summed E-state index contributed by atoms with van der Waals surface area (Å²) in [6.07, 6.45) is 1.22. The SMILES string of the molecule is CCN1CCN(C2CCN(c3cc(COC)nc(C(C)(C)C)n3)C2)CC1. The van der Waals surface area contributed by atoms with Crippen LogP contribution < -0.4 is 4.90 Å². The monoisotopic (exact) mass is 361 g/mol. The molecule has 0 radical (unpaired) electrons. The predicted molar refractivity (Wildman–Crippen MR) is 106 cm³/mol. The molecule has 0 bridgehead atoms. The molecule has 1 aromatic heterocycles. The average Bonchev–Trinajstić information content (AvgIpc) is 3.11. The number of aromatic nitrogens is 2. The van der Waals surface area contributed by atoms with Gasteiger partial charge in [0.25, 0.3) is 0 Å². The summed E-state index contributed by atoms with van der Waals surface area (Å²) >= 11 is 0. The van der Waals surface area contributed by atoms with Crippen molar-refractivity contribution in [1.82, 2.24) is 19.8 Å². The van der Waals surface area contributed by atoms with E-state index in [9.17, 15) is 0 Å². The van der Waals surface area contributed by atoms with Crippen LogP contribution in [0.4, 0.5) is 5.82 Å². The molecule has 0 spiro atoms. The van der Waals surface area contributed by atoms with Gasteiger partial charge in [-0.25, -0.2) is 9.97 Å². The molecule has 0 aromatic carbocycles. The van der Waals surface area contributed by atoms with Crippen molar-refractivity contribution in [3.8, 4) is 0 Å². The van der Waals surface area contributed by atoms with Gasteiger partial charge in [0.05, 0.1) is 12.3 Å². The van der Waals surface area contributed by atoms with Crippen LogP contribution >= 0.6 is 0 Å². The Morgan fingerprint density at radius 2 is 1.85 bits per heavy atom. The Morgan fingerprint density at radius 3 is 2.46 bits per heavy atom. The third-order valence-corrected chi connectivity index (χ3v) is 5.59. The molecule has 1 unspecified atom stereocenters. The van der Waals surface area contributed by atoms with E-state index in [1.54, 1.807) is 7.11 Å². The number of hydrogen-bond donors (Lipinski definition) is 0. The number of likely N-dealkylation sites (N-methyl/N-ethyl adjacent to an activating group) is 1. The fraction of sp³-hybridized carbons (Fsp3) is 0.800. The Hall–Kier alpha value is -1.24. The molecule has 1 atom stereocenters. The van der Waals surface area contributed by atoms with E-state index in [0.29, 0.717) is 12.6 Å². The lowest BCUT2D eigenvalue weighted by Gasteiger charge is -2.37. The first-order chi connectivity index (χ1) is 12.4. The highest BCUT2D eigenvalue weighted by Gasteiger charge is 2.31. The Morgan fingerprint density at radius 1 is 1.12 bits per heavy atom. The molecule has 6 heteroatoms. The molecule has 3 heterocycles. The van der Waals surface area contributed by atoms with E-state index in [2.05, 4.69) is 48.5 Å². The van der Waals surface area contributed by atoms with Crippen LogP contribution in [0.5, 0.6) is 0 Å². The second kappa shape index (κ2) is 8.19. The summed E-state index contributed by atoms with van der Waals surface area (Å²) in [5.41, 5.74) is 0.913. The summed E-state index contributed by atoms with van der Waals surface area (Å²) in [7, 11) is 1.72. The molecule has 26 heavy (non-hydrogen) atoms. The van der Waals surface area contributed by atoms with Gasteiger partial charge in [-0.05, 0) is 13.0 Å². The first-order valence-electron chi connectivity index (χ1n) is 9.99. The summed E-state index contributed by atoms with van der Waals surface area (Å²) in [5.74, 6) is 1.97. The van der Waals surface area contributed by atoms with Gasteiger partial charge in [0.2, 0.25) is 0 Å². The first kappa shape index (κ1) is 19.5. The van der Waals surface area contributed by atoms with E-state index >= 15 is 0 Å². The molecule has 0 aliphatic carbocycles. The van der Waals surface area contributed by atoms with Crippen LogP contribution in [-0.4, -0.2) is 78.7 Å². The molecule has 2 saturated heterocycles. The van der Waals surface area contributed by atoms with Gasteiger partial charge in [0.15, 0.2) is 0 Å². The quantitative estimate of drug-likeness (QED) is 0.801. The van der Waals surface area contributed by atoms with Crippen molar-refractivity contribution < 1.29 is 4.74 Å². The van der Waals surface area contributed by atoms with Crippen LogP contribution in [0.3, 0.4) is 0 Å². The van der Waals surface area contributed by atoms with Gasteiger partial charge in [0.1, 0.15) is 11.6 Å². The minimum atomic E-state index is -0.0614. The molecular weight excluding hydrogens is 326 g/mol. The molecule has 6 nitrogen and oxygen atoms in total. The smallest absolute Gasteiger partial charge is 0.136 e. The highest BCUT2D eigenvalue weighted by Crippen LogP contribution is 2.26. The normalized spacial score (nSPS) is 23.0. The van der Waals surface area contributed by atoms with E-state index in [-0.39, 0.29) is 5.41 Å². The second-order valence-corrected chi connectivity index (χ2v) is 8.58. The Labute approximate surface area is 158 Å². The van der Waals surface area contributed by atoms with Gasteiger partial charge in [-0.1, -0.05) is 27.7 Å². The van der Waals surface area contributed by atoms with Gasteiger partial charge in [0, 0.05) is 63.9 Å². The number of ether oxygens (including phenoxy) is 1. The van der Waals surface area contributed by atoms with Crippen molar-refractivity contribution in [2.75, 3.05) is 57.8 Å². The fourth-order valence-electron chi connectivity index (χ4n) is 3.90. The van der Waals surface area contributed by atoms with Crippen LogP contribution in [0.1, 0.15) is 45.6 Å². The van der Waals surface area contributed by atoms with E-state index in [4.69, 9.17) is 14.7 Å². The molecule has 2 aliphatic rings. The van der Waals surface area contributed by atoms with Gasteiger partial charge in [-0.3, -0.25) is 4.90 Å². The lowest BCUT2D eigenvalue weighted by molar-refractivity contribution is 0.107. The summed E-state index contributed by atoms with van der Waals surface area (Å²) in [5, 5.41) is 0. The van der Waals surface area contributed by atoms with Crippen LogP contribution in [0, 0.1) is 0 Å². The molecule has 0 amide bonds. The number of rotatable bonds is 5. The maximum atomic E-state index is 5.33. The largest absolute Gasteiger partial charge is 0.378 e. The first-order valence-corrected chi connectivity index (χ1v) is 9.99. The van der Waals surface area contributed by atoms with E-state index in [0.717, 1.165) is 30.4 Å². The lowest BCUT2D eigenvalue weighted by atomic mass is 9.95. The molecule has 3 rings (SSSR count). The molecule has 2 fully saturated rings. The summed E-state index contributed by atoms with van der Waals surface area (Å²) in [6.45, 7) is 17.4. The minimum Gasteiger partial charge on any atom is -0.378 e. The fourth-order valence-corrected chi connectivity index (χ4v) is 3.90.